The second kappa shape index (κ2) is 6.82. The molecule has 0 aliphatic carbocycles. The predicted molar refractivity (Wildman–Crippen MR) is 69.3 cm³/mol. The van der Waals surface area contributed by atoms with E-state index in [2.05, 4.69) is 19.2 Å². The van der Waals surface area contributed by atoms with Crippen molar-refractivity contribution in [2.45, 2.75) is 39.3 Å². The summed E-state index contributed by atoms with van der Waals surface area (Å²) in [5.41, 5.74) is 0. The van der Waals surface area contributed by atoms with Crippen LogP contribution in [-0.2, 0) is 0 Å². The first kappa shape index (κ1) is 14.3. The van der Waals surface area contributed by atoms with Gasteiger partial charge in [0.25, 0.3) is 0 Å². The van der Waals surface area contributed by atoms with Crippen LogP contribution in [0, 0.1) is 5.82 Å². The molecule has 96 valence electrons. The average Bonchev–Trinajstić information content (AvgIpc) is 2.32. The second-order valence-electron chi connectivity index (χ2n) is 4.20. The summed E-state index contributed by atoms with van der Waals surface area (Å²) < 4.78 is 19.0. The molecule has 0 radical (unpaired) electrons. The number of halogens is 2. The van der Waals surface area contributed by atoms with Crippen LogP contribution in [0.25, 0.3) is 0 Å². The van der Waals surface area contributed by atoms with Crippen LogP contribution in [0.1, 0.15) is 27.2 Å². The summed E-state index contributed by atoms with van der Waals surface area (Å²) in [7, 11) is 0. The zero-order valence-electron chi connectivity index (χ0n) is 10.5. The van der Waals surface area contributed by atoms with Crippen LogP contribution in [0.3, 0.4) is 0 Å². The van der Waals surface area contributed by atoms with E-state index in [-0.39, 0.29) is 16.9 Å². The highest BCUT2D eigenvalue weighted by molar-refractivity contribution is 6.30. The lowest BCUT2D eigenvalue weighted by Gasteiger charge is -2.18. The lowest BCUT2D eigenvalue weighted by molar-refractivity contribution is 0.203. The summed E-state index contributed by atoms with van der Waals surface area (Å²) in [5, 5.41) is 3.39. The fourth-order valence-corrected chi connectivity index (χ4v) is 1.51. The molecule has 0 aliphatic rings. The van der Waals surface area contributed by atoms with E-state index in [1.165, 1.54) is 6.07 Å². The molecule has 4 heteroatoms. The van der Waals surface area contributed by atoms with Crippen molar-refractivity contribution in [1.29, 1.82) is 0 Å². The third-order valence-corrected chi connectivity index (χ3v) is 2.90. The molecule has 0 aromatic heterocycles. The maximum absolute atomic E-state index is 13.5. The third kappa shape index (κ3) is 4.52. The molecule has 0 aliphatic heterocycles. The molecule has 0 heterocycles. The van der Waals surface area contributed by atoms with E-state index in [0.29, 0.717) is 12.6 Å². The van der Waals surface area contributed by atoms with Gasteiger partial charge in [0.15, 0.2) is 11.6 Å². The Labute approximate surface area is 107 Å². The Kier molecular flexibility index (Phi) is 5.72. The molecule has 1 rings (SSSR count). The summed E-state index contributed by atoms with van der Waals surface area (Å²) >= 11 is 5.68. The van der Waals surface area contributed by atoms with E-state index >= 15 is 0 Å². The smallest absolute Gasteiger partial charge is 0.183 e. The van der Waals surface area contributed by atoms with Crippen LogP contribution in [0.5, 0.6) is 5.75 Å². The van der Waals surface area contributed by atoms with Gasteiger partial charge in [-0.3, -0.25) is 0 Å². The van der Waals surface area contributed by atoms with Gasteiger partial charge in [-0.15, -0.1) is 0 Å². The minimum Gasteiger partial charge on any atom is -0.486 e. The van der Waals surface area contributed by atoms with Crippen LogP contribution in [-0.4, -0.2) is 18.7 Å². The Morgan fingerprint density at radius 1 is 1.41 bits per heavy atom. The normalized spacial score (nSPS) is 14.4. The standard InChI is InChI=1S/C13H19ClFNO/c1-4-9(2)16-8-10(3)17-12-7-5-6-11(14)13(12)15/h5-7,9-10,16H,4,8H2,1-3H3. The summed E-state index contributed by atoms with van der Waals surface area (Å²) in [5.74, 6) is -0.291. The van der Waals surface area contributed by atoms with Gasteiger partial charge in [0.1, 0.15) is 6.10 Å². The fraction of sp³-hybridized carbons (Fsp3) is 0.538. The van der Waals surface area contributed by atoms with E-state index in [4.69, 9.17) is 16.3 Å². The number of benzene rings is 1. The van der Waals surface area contributed by atoms with Crippen LogP contribution in [0.4, 0.5) is 4.39 Å². The lowest BCUT2D eigenvalue weighted by Crippen LogP contribution is -2.34. The van der Waals surface area contributed by atoms with Gasteiger partial charge in [-0.25, -0.2) is 4.39 Å². The summed E-state index contributed by atoms with van der Waals surface area (Å²) in [6, 6.07) is 5.20. The molecular weight excluding hydrogens is 241 g/mol. The van der Waals surface area contributed by atoms with Crippen LogP contribution >= 0.6 is 11.6 Å². The lowest BCUT2D eigenvalue weighted by atomic mass is 10.2. The Balaban J connectivity index is 2.50. The maximum Gasteiger partial charge on any atom is 0.183 e. The zero-order chi connectivity index (χ0) is 12.8. The molecule has 0 bridgehead atoms. The first-order valence-corrected chi connectivity index (χ1v) is 6.26. The maximum atomic E-state index is 13.5. The third-order valence-electron chi connectivity index (χ3n) is 2.61. The van der Waals surface area contributed by atoms with Crippen LogP contribution < -0.4 is 10.1 Å². The quantitative estimate of drug-likeness (QED) is 0.842. The van der Waals surface area contributed by atoms with Crippen molar-refractivity contribution in [2.75, 3.05) is 6.54 Å². The highest BCUT2D eigenvalue weighted by Crippen LogP contribution is 2.24. The topological polar surface area (TPSA) is 21.3 Å². The minimum atomic E-state index is -0.496. The van der Waals surface area contributed by atoms with E-state index in [1.807, 2.05) is 6.92 Å². The average molecular weight is 260 g/mol. The molecule has 0 saturated heterocycles. The van der Waals surface area contributed by atoms with Crippen molar-refractivity contribution >= 4 is 11.6 Å². The van der Waals surface area contributed by atoms with Gasteiger partial charge in [-0.2, -0.15) is 0 Å². The molecule has 0 fully saturated rings. The molecule has 0 amide bonds. The summed E-state index contributed by atoms with van der Waals surface area (Å²) in [6.45, 7) is 6.79. The highest BCUT2D eigenvalue weighted by atomic mass is 35.5. The van der Waals surface area contributed by atoms with Gasteiger partial charge in [0.05, 0.1) is 5.02 Å². The predicted octanol–water partition coefficient (Wildman–Crippen LogP) is 3.63. The van der Waals surface area contributed by atoms with Crippen molar-refractivity contribution in [3.8, 4) is 5.75 Å². The van der Waals surface area contributed by atoms with Crippen LogP contribution in [0.2, 0.25) is 5.02 Å². The van der Waals surface area contributed by atoms with Gasteiger partial charge in [0, 0.05) is 12.6 Å². The Morgan fingerprint density at radius 2 is 2.12 bits per heavy atom. The van der Waals surface area contributed by atoms with Crippen molar-refractivity contribution in [2.24, 2.45) is 0 Å². The molecule has 2 nitrogen and oxygen atoms in total. The molecule has 2 atom stereocenters. The Morgan fingerprint density at radius 3 is 2.76 bits per heavy atom. The SMILES string of the molecule is CCC(C)NCC(C)Oc1cccc(Cl)c1F. The van der Waals surface area contributed by atoms with Gasteiger partial charge in [-0.05, 0) is 32.4 Å². The monoisotopic (exact) mass is 259 g/mol. The van der Waals surface area contributed by atoms with E-state index < -0.39 is 5.82 Å². The van der Waals surface area contributed by atoms with E-state index in [1.54, 1.807) is 12.1 Å². The Bertz CT molecular complexity index is 359. The van der Waals surface area contributed by atoms with Crippen molar-refractivity contribution < 1.29 is 9.13 Å². The van der Waals surface area contributed by atoms with Gasteiger partial charge in [-0.1, -0.05) is 24.6 Å². The molecule has 1 aromatic rings. The zero-order valence-corrected chi connectivity index (χ0v) is 11.2. The molecule has 2 unspecified atom stereocenters. The second-order valence-corrected chi connectivity index (χ2v) is 4.61. The molecular formula is C13H19ClFNO. The first-order chi connectivity index (χ1) is 8.04. The summed E-state index contributed by atoms with van der Waals surface area (Å²) in [4.78, 5) is 0. The molecule has 17 heavy (non-hydrogen) atoms. The number of ether oxygens (including phenoxy) is 1. The van der Waals surface area contributed by atoms with Gasteiger partial charge >= 0.3 is 0 Å². The van der Waals surface area contributed by atoms with Crippen LogP contribution in [0.15, 0.2) is 18.2 Å². The number of hydrogen-bond acceptors (Lipinski definition) is 2. The van der Waals surface area contributed by atoms with Gasteiger partial charge < -0.3 is 10.1 Å². The molecule has 1 N–H and O–H groups in total. The fourth-order valence-electron chi connectivity index (χ4n) is 1.34. The molecule has 0 saturated carbocycles. The summed E-state index contributed by atoms with van der Waals surface area (Å²) in [6.07, 6.45) is 0.954. The Hall–Kier alpha value is -0.800. The molecule has 1 aromatic carbocycles. The minimum absolute atomic E-state index is 0.0876. The highest BCUT2D eigenvalue weighted by Gasteiger charge is 2.11. The van der Waals surface area contributed by atoms with E-state index in [0.717, 1.165) is 6.42 Å². The number of rotatable bonds is 6. The van der Waals surface area contributed by atoms with E-state index in [9.17, 15) is 4.39 Å². The van der Waals surface area contributed by atoms with Crippen molar-refractivity contribution in [3.05, 3.63) is 29.0 Å². The first-order valence-electron chi connectivity index (χ1n) is 5.88. The number of hydrogen-bond donors (Lipinski definition) is 1. The van der Waals surface area contributed by atoms with Gasteiger partial charge in [0.2, 0.25) is 0 Å². The largest absolute Gasteiger partial charge is 0.486 e. The number of nitrogens with one attached hydrogen (secondary N) is 1. The molecule has 0 spiro atoms. The van der Waals surface area contributed by atoms with Crippen molar-refractivity contribution in [3.63, 3.8) is 0 Å². The van der Waals surface area contributed by atoms with Crippen molar-refractivity contribution in [1.82, 2.24) is 5.32 Å².